The molecule has 2 N–H and O–H groups in total. The van der Waals surface area contributed by atoms with Gasteiger partial charge in [0.2, 0.25) is 11.9 Å². The lowest BCUT2D eigenvalue weighted by molar-refractivity contribution is 0.190. The molecule has 0 aliphatic carbocycles. The lowest BCUT2D eigenvalue weighted by atomic mass is 10.4. The molecule has 0 radical (unpaired) electrons. The first-order chi connectivity index (χ1) is 8.55. The standard InChI is InChI=1S/C11H21N5O2/c1-7(2)18-11-15-9(12-4)14-10(16-11)13-8(3)6-17-5/h7-8H,6H2,1-5H3,(H2,12,13,14,15,16). The highest BCUT2D eigenvalue weighted by Gasteiger charge is 2.10. The van der Waals surface area contributed by atoms with E-state index in [-0.39, 0.29) is 12.1 Å². The Balaban J connectivity index is 2.82. The van der Waals surface area contributed by atoms with Gasteiger partial charge >= 0.3 is 6.01 Å². The Morgan fingerprint density at radius 3 is 2.33 bits per heavy atom. The highest BCUT2D eigenvalue weighted by molar-refractivity contribution is 5.36. The van der Waals surface area contributed by atoms with Crippen LogP contribution < -0.4 is 15.4 Å². The molecule has 0 aliphatic heterocycles. The van der Waals surface area contributed by atoms with Gasteiger partial charge in [0.05, 0.1) is 12.7 Å². The molecule has 18 heavy (non-hydrogen) atoms. The maximum Gasteiger partial charge on any atom is 0.323 e. The van der Waals surface area contributed by atoms with E-state index in [1.54, 1.807) is 14.2 Å². The van der Waals surface area contributed by atoms with Crippen molar-refractivity contribution in [3.8, 4) is 6.01 Å². The summed E-state index contributed by atoms with van der Waals surface area (Å²) < 4.78 is 10.5. The number of hydrogen-bond acceptors (Lipinski definition) is 7. The van der Waals surface area contributed by atoms with Crippen molar-refractivity contribution in [2.75, 3.05) is 31.4 Å². The molecule has 1 aromatic heterocycles. The molecule has 1 heterocycles. The van der Waals surface area contributed by atoms with Crippen LogP contribution in [0, 0.1) is 0 Å². The van der Waals surface area contributed by atoms with Gasteiger partial charge in [-0.3, -0.25) is 0 Å². The predicted molar refractivity (Wildman–Crippen MR) is 70.1 cm³/mol. The molecule has 102 valence electrons. The van der Waals surface area contributed by atoms with Crippen LogP contribution in [0.1, 0.15) is 20.8 Å². The number of aromatic nitrogens is 3. The summed E-state index contributed by atoms with van der Waals surface area (Å²) in [5.74, 6) is 0.933. The molecule has 1 unspecified atom stereocenters. The summed E-state index contributed by atoms with van der Waals surface area (Å²) in [6.07, 6.45) is 0.0151. The molecule has 1 aromatic rings. The van der Waals surface area contributed by atoms with Gasteiger partial charge < -0.3 is 20.1 Å². The molecule has 0 bridgehead atoms. The number of hydrogen-bond donors (Lipinski definition) is 2. The first-order valence-electron chi connectivity index (χ1n) is 5.91. The second kappa shape index (κ2) is 6.95. The Hall–Kier alpha value is -1.63. The minimum Gasteiger partial charge on any atom is -0.461 e. The summed E-state index contributed by atoms with van der Waals surface area (Å²) in [5, 5.41) is 6.00. The van der Waals surface area contributed by atoms with Crippen molar-refractivity contribution in [3.63, 3.8) is 0 Å². The summed E-state index contributed by atoms with van der Waals surface area (Å²) in [7, 11) is 3.40. The van der Waals surface area contributed by atoms with Crippen LogP contribution in [0.3, 0.4) is 0 Å². The molecule has 0 spiro atoms. The first-order valence-corrected chi connectivity index (χ1v) is 5.91. The van der Waals surface area contributed by atoms with Crippen molar-refractivity contribution in [1.29, 1.82) is 0 Å². The normalized spacial score (nSPS) is 12.3. The van der Waals surface area contributed by atoms with Crippen molar-refractivity contribution in [2.24, 2.45) is 0 Å². The topological polar surface area (TPSA) is 81.2 Å². The van der Waals surface area contributed by atoms with Crippen molar-refractivity contribution in [2.45, 2.75) is 32.9 Å². The van der Waals surface area contributed by atoms with Crippen molar-refractivity contribution in [1.82, 2.24) is 15.0 Å². The molecule has 1 atom stereocenters. The van der Waals surface area contributed by atoms with Crippen LogP contribution in [0.25, 0.3) is 0 Å². The smallest absolute Gasteiger partial charge is 0.323 e. The molecule has 0 aromatic carbocycles. The maximum absolute atomic E-state index is 5.47. The van der Waals surface area contributed by atoms with E-state index in [4.69, 9.17) is 9.47 Å². The van der Waals surface area contributed by atoms with E-state index in [1.165, 1.54) is 0 Å². The maximum atomic E-state index is 5.47. The number of nitrogens with one attached hydrogen (secondary N) is 2. The van der Waals surface area contributed by atoms with Crippen LogP contribution in [0.4, 0.5) is 11.9 Å². The Labute approximate surface area is 107 Å². The Morgan fingerprint density at radius 2 is 1.78 bits per heavy atom. The molecular weight excluding hydrogens is 234 g/mol. The number of methoxy groups -OCH3 is 1. The van der Waals surface area contributed by atoms with Crippen LogP contribution >= 0.6 is 0 Å². The zero-order chi connectivity index (χ0) is 13.5. The molecule has 0 amide bonds. The Morgan fingerprint density at radius 1 is 1.11 bits per heavy atom. The minimum absolute atomic E-state index is 0.0151. The van der Waals surface area contributed by atoms with Gasteiger partial charge in [0.15, 0.2) is 0 Å². The van der Waals surface area contributed by atoms with Crippen LogP contribution in [0.2, 0.25) is 0 Å². The van der Waals surface area contributed by atoms with Gasteiger partial charge in [-0.05, 0) is 20.8 Å². The second-order valence-electron chi connectivity index (χ2n) is 4.18. The third-order valence-corrected chi connectivity index (χ3v) is 1.97. The van der Waals surface area contributed by atoms with E-state index >= 15 is 0 Å². The van der Waals surface area contributed by atoms with E-state index in [1.807, 2.05) is 20.8 Å². The van der Waals surface area contributed by atoms with Gasteiger partial charge in [-0.25, -0.2) is 0 Å². The van der Waals surface area contributed by atoms with Crippen LogP contribution in [-0.2, 0) is 4.74 Å². The van der Waals surface area contributed by atoms with E-state index < -0.39 is 0 Å². The predicted octanol–water partition coefficient (Wildman–Crippen LogP) is 1.15. The van der Waals surface area contributed by atoms with Gasteiger partial charge in [-0.2, -0.15) is 15.0 Å². The zero-order valence-electron chi connectivity index (χ0n) is 11.5. The zero-order valence-corrected chi connectivity index (χ0v) is 11.5. The third-order valence-electron chi connectivity index (χ3n) is 1.97. The summed E-state index contributed by atoms with van der Waals surface area (Å²) >= 11 is 0. The van der Waals surface area contributed by atoms with E-state index in [9.17, 15) is 0 Å². The fourth-order valence-corrected chi connectivity index (χ4v) is 1.31. The molecule has 7 heteroatoms. The molecule has 7 nitrogen and oxygen atoms in total. The highest BCUT2D eigenvalue weighted by Crippen LogP contribution is 2.12. The first kappa shape index (κ1) is 14.4. The van der Waals surface area contributed by atoms with Gasteiger partial charge in [-0.15, -0.1) is 0 Å². The van der Waals surface area contributed by atoms with Gasteiger partial charge in [0.25, 0.3) is 0 Å². The SMILES string of the molecule is CNc1nc(NC(C)COC)nc(OC(C)C)n1. The fraction of sp³-hybridized carbons (Fsp3) is 0.727. The summed E-state index contributed by atoms with van der Waals surface area (Å²) in [4.78, 5) is 12.5. The van der Waals surface area contributed by atoms with Gasteiger partial charge in [0.1, 0.15) is 0 Å². The summed E-state index contributed by atoms with van der Waals surface area (Å²) in [6, 6.07) is 0.408. The average molecular weight is 255 g/mol. The van der Waals surface area contributed by atoms with E-state index in [0.717, 1.165) is 0 Å². The monoisotopic (exact) mass is 255 g/mol. The molecule has 1 rings (SSSR count). The van der Waals surface area contributed by atoms with Crippen LogP contribution in [0.15, 0.2) is 0 Å². The Bertz CT molecular complexity index is 372. The van der Waals surface area contributed by atoms with E-state index in [2.05, 4.69) is 25.6 Å². The summed E-state index contributed by atoms with van der Waals surface area (Å²) in [5.41, 5.74) is 0. The fourth-order valence-electron chi connectivity index (χ4n) is 1.31. The molecule has 0 saturated carbocycles. The minimum atomic E-state index is 0.0151. The van der Waals surface area contributed by atoms with Gasteiger partial charge in [0, 0.05) is 20.2 Å². The number of rotatable bonds is 7. The number of anilines is 2. The lowest BCUT2D eigenvalue weighted by Gasteiger charge is -2.14. The third kappa shape index (κ3) is 4.70. The average Bonchev–Trinajstić information content (AvgIpc) is 2.27. The van der Waals surface area contributed by atoms with E-state index in [0.29, 0.717) is 24.5 Å². The molecule has 0 aliphatic rings. The number of nitrogens with zero attached hydrogens (tertiary/aromatic N) is 3. The number of ether oxygens (including phenoxy) is 2. The second-order valence-corrected chi connectivity index (χ2v) is 4.18. The summed E-state index contributed by atoms with van der Waals surface area (Å²) in [6.45, 7) is 6.39. The molecule has 0 fully saturated rings. The molecular formula is C11H21N5O2. The quantitative estimate of drug-likeness (QED) is 0.756. The Kier molecular flexibility index (Phi) is 5.57. The van der Waals surface area contributed by atoms with Crippen molar-refractivity contribution < 1.29 is 9.47 Å². The lowest BCUT2D eigenvalue weighted by Crippen LogP contribution is -2.23. The highest BCUT2D eigenvalue weighted by atomic mass is 16.5. The van der Waals surface area contributed by atoms with Crippen molar-refractivity contribution >= 4 is 11.9 Å². The molecule has 0 saturated heterocycles. The largest absolute Gasteiger partial charge is 0.461 e. The van der Waals surface area contributed by atoms with Crippen molar-refractivity contribution in [3.05, 3.63) is 0 Å². The van der Waals surface area contributed by atoms with Crippen LogP contribution in [0.5, 0.6) is 6.01 Å². The van der Waals surface area contributed by atoms with Crippen LogP contribution in [-0.4, -0.2) is 47.9 Å². The van der Waals surface area contributed by atoms with Gasteiger partial charge in [-0.1, -0.05) is 0 Å².